The minimum atomic E-state index is -0.211. The van der Waals surface area contributed by atoms with Crippen LogP contribution in [0.3, 0.4) is 0 Å². The van der Waals surface area contributed by atoms with Crippen LogP contribution in [0.4, 0.5) is 5.82 Å². The van der Waals surface area contributed by atoms with Crippen LogP contribution in [-0.4, -0.2) is 42.2 Å². The number of hydrogen-bond acceptors (Lipinski definition) is 4. The number of hydrogen-bond donors (Lipinski definition) is 2. The maximum absolute atomic E-state index is 11.5. The summed E-state index contributed by atoms with van der Waals surface area (Å²) in [5, 5.41) is 11.2. The molecule has 0 saturated carbocycles. The Kier molecular flexibility index (Phi) is 5.42. The van der Waals surface area contributed by atoms with Crippen LogP contribution in [0.5, 0.6) is 0 Å². The van der Waals surface area contributed by atoms with Gasteiger partial charge in [0.15, 0.2) is 0 Å². The van der Waals surface area contributed by atoms with Gasteiger partial charge in [-0.3, -0.25) is 4.79 Å². The van der Waals surface area contributed by atoms with Crippen LogP contribution >= 0.6 is 0 Å². The van der Waals surface area contributed by atoms with Gasteiger partial charge in [0.2, 0.25) is 0 Å². The number of aliphatic hydroxyl groups excluding tert-OH is 1. The Labute approximate surface area is 101 Å². The second-order valence-electron chi connectivity index (χ2n) is 3.56. The van der Waals surface area contributed by atoms with Crippen LogP contribution in [0.15, 0.2) is 18.3 Å². The molecule has 0 spiro atoms. The Morgan fingerprint density at radius 1 is 1.41 bits per heavy atom. The van der Waals surface area contributed by atoms with Gasteiger partial charge in [0, 0.05) is 25.8 Å². The van der Waals surface area contributed by atoms with Gasteiger partial charge in [-0.1, -0.05) is 0 Å². The molecular formula is C12H19N3O2. The van der Waals surface area contributed by atoms with Crippen LogP contribution in [0, 0.1) is 0 Å². The molecule has 5 nitrogen and oxygen atoms in total. The first kappa shape index (κ1) is 13.4. The summed E-state index contributed by atoms with van der Waals surface area (Å²) in [5.41, 5.74) is 0.509. The molecule has 1 rings (SSSR count). The number of nitrogens with zero attached hydrogens (tertiary/aromatic N) is 2. The topological polar surface area (TPSA) is 65.5 Å². The van der Waals surface area contributed by atoms with Crippen LogP contribution in [0.2, 0.25) is 0 Å². The summed E-state index contributed by atoms with van der Waals surface area (Å²) < 4.78 is 0. The molecule has 94 valence electrons. The van der Waals surface area contributed by atoms with Crippen molar-refractivity contribution in [2.24, 2.45) is 0 Å². The van der Waals surface area contributed by atoms with E-state index in [-0.39, 0.29) is 19.1 Å². The molecule has 1 aromatic rings. The summed E-state index contributed by atoms with van der Waals surface area (Å²) >= 11 is 0. The Bertz CT molecular complexity index is 347. The number of aliphatic hydroxyl groups is 1. The minimum Gasteiger partial charge on any atom is -0.395 e. The number of nitrogens with one attached hydrogen (secondary N) is 1. The molecule has 0 bridgehead atoms. The van der Waals surface area contributed by atoms with Gasteiger partial charge in [-0.15, -0.1) is 0 Å². The Morgan fingerprint density at radius 2 is 2.12 bits per heavy atom. The molecule has 0 aliphatic heterocycles. The number of anilines is 1. The van der Waals surface area contributed by atoms with E-state index >= 15 is 0 Å². The molecule has 1 amide bonds. The monoisotopic (exact) mass is 237 g/mol. The fourth-order valence-electron chi connectivity index (χ4n) is 1.53. The van der Waals surface area contributed by atoms with E-state index in [4.69, 9.17) is 5.11 Å². The molecule has 0 aliphatic carbocycles. The number of rotatable bonds is 6. The third kappa shape index (κ3) is 3.71. The van der Waals surface area contributed by atoms with Gasteiger partial charge < -0.3 is 15.3 Å². The van der Waals surface area contributed by atoms with Crippen LogP contribution in [-0.2, 0) is 0 Å². The lowest BCUT2D eigenvalue weighted by Crippen LogP contribution is -2.27. The van der Waals surface area contributed by atoms with E-state index in [0.717, 1.165) is 18.9 Å². The average molecular weight is 237 g/mol. The Hall–Kier alpha value is -1.62. The van der Waals surface area contributed by atoms with Gasteiger partial charge in [0.25, 0.3) is 5.91 Å². The van der Waals surface area contributed by atoms with Gasteiger partial charge in [0.05, 0.1) is 12.2 Å². The molecule has 2 N–H and O–H groups in total. The van der Waals surface area contributed by atoms with Gasteiger partial charge in [-0.25, -0.2) is 4.98 Å². The first-order chi connectivity index (χ1) is 8.22. The van der Waals surface area contributed by atoms with Crippen LogP contribution in [0.1, 0.15) is 24.2 Å². The van der Waals surface area contributed by atoms with Crippen molar-refractivity contribution in [3.63, 3.8) is 0 Å². The molecule has 5 heteroatoms. The molecule has 1 heterocycles. The lowest BCUT2D eigenvalue weighted by atomic mass is 10.2. The van der Waals surface area contributed by atoms with E-state index < -0.39 is 0 Å². The Balaban J connectivity index is 2.70. The summed E-state index contributed by atoms with van der Waals surface area (Å²) in [6.45, 7) is 6.10. The summed E-state index contributed by atoms with van der Waals surface area (Å²) in [5.74, 6) is 0.659. The largest absolute Gasteiger partial charge is 0.395 e. The predicted molar refractivity (Wildman–Crippen MR) is 67.2 cm³/mol. The fourth-order valence-corrected chi connectivity index (χ4v) is 1.53. The van der Waals surface area contributed by atoms with E-state index in [2.05, 4.69) is 29.0 Å². The molecule has 0 radical (unpaired) electrons. The highest BCUT2D eigenvalue weighted by Crippen LogP contribution is 2.10. The zero-order valence-corrected chi connectivity index (χ0v) is 10.3. The molecule has 0 saturated heterocycles. The highest BCUT2D eigenvalue weighted by atomic mass is 16.3. The van der Waals surface area contributed by atoms with E-state index in [1.165, 1.54) is 0 Å². The van der Waals surface area contributed by atoms with Crippen molar-refractivity contribution in [1.29, 1.82) is 0 Å². The number of pyridine rings is 1. The standard InChI is InChI=1S/C12H19N3O2/c1-3-15(4-2)11-6-5-10(9-14-11)12(17)13-7-8-16/h5-6,9,16H,3-4,7-8H2,1-2H3,(H,13,17). The molecule has 17 heavy (non-hydrogen) atoms. The SMILES string of the molecule is CCN(CC)c1ccc(C(=O)NCCO)cn1. The summed E-state index contributed by atoms with van der Waals surface area (Å²) in [6.07, 6.45) is 1.56. The first-order valence-corrected chi connectivity index (χ1v) is 5.83. The van der Waals surface area contributed by atoms with Crippen LogP contribution in [0.25, 0.3) is 0 Å². The van der Waals surface area contributed by atoms with Crippen molar-refractivity contribution in [3.05, 3.63) is 23.9 Å². The zero-order valence-electron chi connectivity index (χ0n) is 10.3. The van der Waals surface area contributed by atoms with Gasteiger partial charge in [-0.05, 0) is 26.0 Å². The maximum Gasteiger partial charge on any atom is 0.252 e. The molecule has 0 atom stereocenters. The van der Waals surface area contributed by atoms with E-state index in [0.29, 0.717) is 5.56 Å². The number of carbonyl (C=O) groups excluding carboxylic acids is 1. The summed E-state index contributed by atoms with van der Waals surface area (Å²) in [4.78, 5) is 17.9. The van der Waals surface area contributed by atoms with Crippen molar-refractivity contribution >= 4 is 11.7 Å². The zero-order chi connectivity index (χ0) is 12.7. The minimum absolute atomic E-state index is 0.0588. The number of carbonyl (C=O) groups is 1. The number of aromatic nitrogens is 1. The van der Waals surface area contributed by atoms with Gasteiger partial charge in [0.1, 0.15) is 5.82 Å². The fraction of sp³-hybridized carbons (Fsp3) is 0.500. The summed E-state index contributed by atoms with van der Waals surface area (Å²) in [7, 11) is 0. The molecule has 1 aromatic heterocycles. The summed E-state index contributed by atoms with van der Waals surface area (Å²) in [6, 6.07) is 3.58. The molecule has 0 unspecified atom stereocenters. The van der Waals surface area contributed by atoms with E-state index in [9.17, 15) is 4.79 Å². The lowest BCUT2D eigenvalue weighted by Gasteiger charge is -2.19. The quantitative estimate of drug-likeness (QED) is 0.762. The molecule has 0 aromatic carbocycles. The third-order valence-electron chi connectivity index (χ3n) is 2.49. The van der Waals surface area contributed by atoms with E-state index in [1.54, 1.807) is 12.3 Å². The van der Waals surface area contributed by atoms with Gasteiger partial charge in [-0.2, -0.15) is 0 Å². The highest BCUT2D eigenvalue weighted by Gasteiger charge is 2.07. The smallest absolute Gasteiger partial charge is 0.252 e. The maximum atomic E-state index is 11.5. The number of amides is 1. The van der Waals surface area contributed by atoms with E-state index in [1.807, 2.05) is 6.07 Å². The van der Waals surface area contributed by atoms with Crippen molar-refractivity contribution in [3.8, 4) is 0 Å². The van der Waals surface area contributed by atoms with Crippen molar-refractivity contribution in [1.82, 2.24) is 10.3 Å². The molecule has 0 fully saturated rings. The normalized spacial score (nSPS) is 10.1. The van der Waals surface area contributed by atoms with Crippen LogP contribution < -0.4 is 10.2 Å². The Morgan fingerprint density at radius 3 is 2.59 bits per heavy atom. The third-order valence-corrected chi connectivity index (χ3v) is 2.49. The van der Waals surface area contributed by atoms with Crippen molar-refractivity contribution in [2.45, 2.75) is 13.8 Å². The predicted octanol–water partition coefficient (Wildman–Crippen LogP) is 0.650. The second kappa shape index (κ2) is 6.85. The average Bonchev–Trinajstić information content (AvgIpc) is 2.38. The second-order valence-corrected chi connectivity index (χ2v) is 3.56. The van der Waals surface area contributed by atoms with Crippen molar-refractivity contribution in [2.75, 3.05) is 31.1 Å². The lowest BCUT2D eigenvalue weighted by molar-refractivity contribution is 0.0944. The first-order valence-electron chi connectivity index (χ1n) is 5.83. The molecule has 0 aliphatic rings. The highest BCUT2D eigenvalue weighted by molar-refractivity contribution is 5.94. The molecular weight excluding hydrogens is 218 g/mol. The van der Waals surface area contributed by atoms with Gasteiger partial charge >= 0.3 is 0 Å². The van der Waals surface area contributed by atoms with Crippen molar-refractivity contribution < 1.29 is 9.90 Å².